The van der Waals surface area contributed by atoms with Crippen molar-refractivity contribution in [3.63, 3.8) is 0 Å². The van der Waals surface area contributed by atoms with Crippen LogP contribution in [0.1, 0.15) is 25.0 Å². The van der Waals surface area contributed by atoms with Crippen molar-refractivity contribution in [2.45, 2.75) is 19.4 Å². The zero-order valence-electron chi connectivity index (χ0n) is 7.95. The highest BCUT2D eigenvalue weighted by molar-refractivity contribution is 5.59. The van der Waals surface area contributed by atoms with Crippen LogP contribution >= 0.6 is 0 Å². The molecule has 0 saturated heterocycles. The van der Waals surface area contributed by atoms with E-state index in [9.17, 15) is 5.11 Å². The van der Waals surface area contributed by atoms with E-state index in [1.807, 2.05) is 19.1 Å². The molecular formula is C10H15NO2. The largest absolute Gasteiger partial charge is 0.495 e. The lowest BCUT2D eigenvalue weighted by atomic mass is 10.0. The fourth-order valence-electron chi connectivity index (χ4n) is 1.25. The summed E-state index contributed by atoms with van der Waals surface area (Å²) in [7, 11) is 1.56. The van der Waals surface area contributed by atoms with Crippen molar-refractivity contribution in [1.82, 2.24) is 0 Å². The van der Waals surface area contributed by atoms with E-state index in [4.69, 9.17) is 10.5 Å². The van der Waals surface area contributed by atoms with Crippen LogP contribution in [-0.4, -0.2) is 12.2 Å². The first-order chi connectivity index (χ1) is 6.20. The molecule has 1 rings (SSSR count). The predicted octanol–water partition coefficient (Wildman–Crippen LogP) is 1.72. The zero-order valence-corrected chi connectivity index (χ0v) is 7.95. The number of aliphatic hydroxyl groups excluding tert-OH is 1. The molecule has 0 aromatic heterocycles. The number of rotatable bonds is 3. The van der Waals surface area contributed by atoms with E-state index in [0.717, 1.165) is 5.56 Å². The molecule has 0 heterocycles. The number of ether oxygens (including phenoxy) is 1. The van der Waals surface area contributed by atoms with Crippen LogP contribution in [0.2, 0.25) is 0 Å². The number of nitrogens with two attached hydrogens (primary N) is 1. The minimum Gasteiger partial charge on any atom is -0.495 e. The Kier molecular flexibility index (Phi) is 3.14. The summed E-state index contributed by atoms with van der Waals surface area (Å²) >= 11 is 0. The van der Waals surface area contributed by atoms with Gasteiger partial charge in [-0.25, -0.2) is 0 Å². The Balaban J connectivity index is 3.08. The van der Waals surface area contributed by atoms with E-state index in [0.29, 0.717) is 17.9 Å². The topological polar surface area (TPSA) is 55.5 Å². The second-order valence-electron chi connectivity index (χ2n) is 2.89. The van der Waals surface area contributed by atoms with Crippen LogP contribution in [0.25, 0.3) is 0 Å². The molecule has 3 N–H and O–H groups in total. The number of aliphatic hydroxyl groups is 1. The lowest BCUT2D eigenvalue weighted by Gasteiger charge is -2.13. The third kappa shape index (κ3) is 1.92. The van der Waals surface area contributed by atoms with Crippen LogP contribution < -0.4 is 10.5 Å². The van der Waals surface area contributed by atoms with Crippen molar-refractivity contribution < 1.29 is 9.84 Å². The van der Waals surface area contributed by atoms with Gasteiger partial charge in [-0.15, -0.1) is 0 Å². The monoisotopic (exact) mass is 181 g/mol. The van der Waals surface area contributed by atoms with Gasteiger partial charge < -0.3 is 15.6 Å². The van der Waals surface area contributed by atoms with Crippen molar-refractivity contribution >= 4 is 5.69 Å². The molecule has 1 atom stereocenters. The first kappa shape index (κ1) is 9.86. The quantitative estimate of drug-likeness (QED) is 0.698. The zero-order chi connectivity index (χ0) is 9.84. The van der Waals surface area contributed by atoms with Crippen LogP contribution in [0.4, 0.5) is 5.69 Å². The van der Waals surface area contributed by atoms with Crippen molar-refractivity contribution in [3.05, 3.63) is 23.8 Å². The molecular weight excluding hydrogens is 166 g/mol. The first-order valence-electron chi connectivity index (χ1n) is 4.31. The summed E-state index contributed by atoms with van der Waals surface area (Å²) in [4.78, 5) is 0. The summed E-state index contributed by atoms with van der Waals surface area (Å²) in [6, 6.07) is 5.41. The molecule has 1 aromatic carbocycles. The second kappa shape index (κ2) is 4.14. The van der Waals surface area contributed by atoms with E-state index >= 15 is 0 Å². The van der Waals surface area contributed by atoms with Gasteiger partial charge in [0.05, 0.1) is 18.9 Å². The van der Waals surface area contributed by atoms with Crippen molar-refractivity contribution in [2.75, 3.05) is 12.8 Å². The van der Waals surface area contributed by atoms with Crippen LogP contribution in [0.3, 0.4) is 0 Å². The molecule has 1 unspecified atom stereocenters. The van der Waals surface area contributed by atoms with Gasteiger partial charge in [-0.3, -0.25) is 0 Å². The summed E-state index contributed by atoms with van der Waals surface area (Å²) in [5, 5.41) is 9.59. The maximum absolute atomic E-state index is 9.59. The van der Waals surface area contributed by atoms with Crippen molar-refractivity contribution in [1.29, 1.82) is 0 Å². The number of anilines is 1. The molecule has 3 nitrogen and oxygen atoms in total. The van der Waals surface area contributed by atoms with E-state index in [-0.39, 0.29) is 0 Å². The number of methoxy groups -OCH3 is 1. The average Bonchev–Trinajstić information content (AvgIpc) is 2.17. The molecule has 0 amide bonds. The fourth-order valence-corrected chi connectivity index (χ4v) is 1.25. The summed E-state index contributed by atoms with van der Waals surface area (Å²) in [6.07, 6.45) is 0.146. The SMILES string of the molecule is CCC(O)c1cccc(OC)c1N. The molecule has 0 radical (unpaired) electrons. The standard InChI is InChI=1S/C10H15NO2/c1-3-8(12)7-5-4-6-9(13-2)10(7)11/h4-6,8,12H,3,11H2,1-2H3. The maximum atomic E-state index is 9.59. The lowest BCUT2D eigenvalue weighted by molar-refractivity contribution is 0.174. The van der Waals surface area contributed by atoms with Gasteiger partial charge in [-0.1, -0.05) is 19.1 Å². The van der Waals surface area contributed by atoms with Gasteiger partial charge in [0.25, 0.3) is 0 Å². The summed E-state index contributed by atoms with van der Waals surface area (Å²) < 4.78 is 5.04. The Hall–Kier alpha value is -1.22. The van der Waals surface area contributed by atoms with E-state index < -0.39 is 6.10 Å². The molecule has 1 aromatic rings. The van der Waals surface area contributed by atoms with Crippen LogP contribution in [0, 0.1) is 0 Å². The number of nitrogen functional groups attached to an aromatic ring is 1. The van der Waals surface area contributed by atoms with Gasteiger partial charge in [0, 0.05) is 5.56 Å². The number of hydrogen-bond donors (Lipinski definition) is 2. The molecule has 72 valence electrons. The van der Waals surface area contributed by atoms with Crippen molar-refractivity contribution in [2.24, 2.45) is 0 Å². The van der Waals surface area contributed by atoms with Crippen LogP contribution in [0.5, 0.6) is 5.75 Å². The van der Waals surface area contributed by atoms with Crippen LogP contribution in [-0.2, 0) is 0 Å². The van der Waals surface area contributed by atoms with E-state index in [2.05, 4.69) is 0 Å². The summed E-state index contributed by atoms with van der Waals surface area (Å²) in [5.74, 6) is 0.616. The third-order valence-electron chi connectivity index (χ3n) is 2.07. The predicted molar refractivity (Wildman–Crippen MR) is 52.7 cm³/mol. The van der Waals surface area contributed by atoms with E-state index in [1.54, 1.807) is 13.2 Å². The second-order valence-corrected chi connectivity index (χ2v) is 2.89. The van der Waals surface area contributed by atoms with E-state index in [1.165, 1.54) is 0 Å². The highest BCUT2D eigenvalue weighted by Crippen LogP contribution is 2.30. The molecule has 0 aliphatic heterocycles. The molecule has 0 aliphatic carbocycles. The Morgan fingerprint density at radius 2 is 2.23 bits per heavy atom. The molecule has 13 heavy (non-hydrogen) atoms. The smallest absolute Gasteiger partial charge is 0.142 e. The minimum atomic E-state index is -0.505. The molecule has 0 fully saturated rings. The van der Waals surface area contributed by atoms with Crippen LogP contribution in [0.15, 0.2) is 18.2 Å². The van der Waals surface area contributed by atoms with Crippen molar-refractivity contribution in [3.8, 4) is 5.75 Å². The highest BCUT2D eigenvalue weighted by atomic mass is 16.5. The van der Waals surface area contributed by atoms with Gasteiger partial charge in [0.15, 0.2) is 0 Å². The molecule has 3 heteroatoms. The first-order valence-corrected chi connectivity index (χ1v) is 4.31. The Labute approximate surface area is 78.1 Å². The molecule has 0 saturated carbocycles. The van der Waals surface area contributed by atoms with Gasteiger partial charge in [0.2, 0.25) is 0 Å². The highest BCUT2D eigenvalue weighted by Gasteiger charge is 2.11. The maximum Gasteiger partial charge on any atom is 0.142 e. The normalized spacial score (nSPS) is 12.5. The minimum absolute atomic E-state index is 0.505. The molecule has 0 spiro atoms. The summed E-state index contributed by atoms with van der Waals surface area (Å²) in [6.45, 7) is 1.91. The Morgan fingerprint density at radius 3 is 2.77 bits per heavy atom. The van der Waals surface area contributed by atoms with Gasteiger partial charge in [0.1, 0.15) is 5.75 Å². The number of hydrogen-bond acceptors (Lipinski definition) is 3. The van der Waals surface area contributed by atoms with Gasteiger partial charge in [-0.05, 0) is 12.5 Å². The number of para-hydroxylation sites is 1. The molecule has 0 bridgehead atoms. The number of benzene rings is 1. The van der Waals surface area contributed by atoms with Gasteiger partial charge in [-0.2, -0.15) is 0 Å². The third-order valence-corrected chi connectivity index (χ3v) is 2.07. The molecule has 0 aliphatic rings. The Bertz CT molecular complexity index is 286. The Morgan fingerprint density at radius 1 is 1.54 bits per heavy atom. The van der Waals surface area contributed by atoms with Gasteiger partial charge >= 0.3 is 0 Å². The summed E-state index contributed by atoms with van der Waals surface area (Å²) in [5.41, 5.74) is 7.05. The average molecular weight is 181 g/mol. The lowest BCUT2D eigenvalue weighted by Crippen LogP contribution is -2.02. The fraction of sp³-hybridized carbons (Fsp3) is 0.400.